The Morgan fingerprint density at radius 3 is 2.76 bits per heavy atom. The molecule has 1 aromatic heterocycles. The fourth-order valence-corrected chi connectivity index (χ4v) is 2.08. The molecule has 0 aliphatic heterocycles. The molecule has 0 fully saturated rings. The summed E-state index contributed by atoms with van der Waals surface area (Å²) in [5, 5.41) is 21.7. The third-order valence-electron chi connectivity index (χ3n) is 3.06. The maximum atomic E-state index is 9.33. The zero-order valence-electron chi connectivity index (χ0n) is 12.2. The monoisotopic (exact) mass is 279 g/mol. The third-order valence-corrected chi connectivity index (χ3v) is 3.06. The average Bonchev–Trinajstić information content (AvgIpc) is 2.95. The van der Waals surface area contributed by atoms with Crippen LogP contribution in [-0.2, 0) is 6.54 Å². The Labute approximate surface area is 124 Å². The second kappa shape index (κ2) is 6.69. The maximum absolute atomic E-state index is 9.33. The minimum Gasteiger partial charge on any atom is -0.312 e. The second-order valence-electron chi connectivity index (χ2n) is 5.22. The van der Waals surface area contributed by atoms with Crippen LogP contribution >= 0.6 is 0 Å². The van der Waals surface area contributed by atoms with E-state index in [1.165, 1.54) is 0 Å². The molecule has 0 spiro atoms. The van der Waals surface area contributed by atoms with Crippen LogP contribution in [0.4, 0.5) is 0 Å². The zero-order valence-corrected chi connectivity index (χ0v) is 12.2. The van der Waals surface area contributed by atoms with E-state index in [9.17, 15) is 5.26 Å². The van der Waals surface area contributed by atoms with Crippen LogP contribution in [0.2, 0.25) is 0 Å². The normalized spacial score (nSPS) is 10.3. The highest BCUT2D eigenvalue weighted by molar-refractivity contribution is 5.52. The van der Waals surface area contributed by atoms with Crippen molar-refractivity contribution in [1.29, 1.82) is 10.5 Å². The van der Waals surface area contributed by atoms with Gasteiger partial charge in [0.15, 0.2) is 0 Å². The smallest absolute Gasteiger partial charge is 0.217 e. The van der Waals surface area contributed by atoms with Crippen molar-refractivity contribution in [3.63, 3.8) is 0 Å². The van der Waals surface area contributed by atoms with Crippen LogP contribution in [0.15, 0.2) is 30.6 Å². The molecule has 0 unspecified atom stereocenters. The van der Waals surface area contributed by atoms with Crippen molar-refractivity contribution in [2.45, 2.75) is 20.4 Å². The lowest BCUT2D eigenvalue weighted by atomic mass is 10.1. The first kappa shape index (κ1) is 14.8. The molecule has 106 valence electrons. The molecular weight excluding hydrogens is 262 g/mol. The van der Waals surface area contributed by atoms with Gasteiger partial charge in [0, 0.05) is 18.9 Å². The number of nitrogens with one attached hydrogen (secondary N) is 1. The lowest BCUT2D eigenvalue weighted by molar-refractivity contribution is 0.552. The summed E-state index contributed by atoms with van der Waals surface area (Å²) in [6.07, 6.45) is 3.24. The molecule has 2 aromatic rings. The molecular formula is C16H17N5. The van der Waals surface area contributed by atoms with E-state index in [0.717, 1.165) is 18.7 Å². The van der Waals surface area contributed by atoms with Crippen LogP contribution in [0.3, 0.4) is 0 Å². The van der Waals surface area contributed by atoms with Crippen molar-refractivity contribution in [2.24, 2.45) is 5.92 Å². The van der Waals surface area contributed by atoms with Gasteiger partial charge in [-0.25, -0.2) is 4.98 Å². The first-order chi connectivity index (χ1) is 10.2. The number of hydrogen-bond donors (Lipinski definition) is 1. The van der Waals surface area contributed by atoms with Gasteiger partial charge in [0.05, 0.1) is 11.3 Å². The number of rotatable bonds is 5. The molecule has 21 heavy (non-hydrogen) atoms. The van der Waals surface area contributed by atoms with Gasteiger partial charge in [-0.05, 0) is 30.2 Å². The number of benzene rings is 1. The summed E-state index contributed by atoms with van der Waals surface area (Å²) >= 11 is 0. The summed E-state index contributed by atoms with van der Waals surface area (Å²) in [5.74, 6) is 0.862. The van der Waals surface area contributed by atoms with Gasteiger partial charge in [-0.1, -0.05) is 19.9 Å². The van der Waals surface area contributed by atoms with Crippen molar-refractivity contribution < 1.29 is 0 Å². The molecule has 5 nitrogen and oxygen atoms in total. The van der Waals surface area contributed by atoms with Crippen molar-refractivity contribution >= 4 is 0 Å². The largest absolute Gasteiger partial charge is 0.312 e. The predicted molar refractivity (Wildman–Crippen MR) is 79.5 cm³/mol. The summed E-state index contributed by atoms with van der Waals surface area (Å²) in [7, 11) is 0. The standard InChI is InChI=1S/C16H17N5/c1-12(2)10-19-11-13-3-4-15(14(7-13)8-17)21-6-5-20-16(21)9-18/h3-7,12,19H,10-11H2,1-2H3. The highest BCUT2D eigenvalue weighted by Crippen LogP contribution is 2.17. The van der Waals surface area contributed by atoms with Crippen LogP contribution < -0.4 is 5.32 Å². The average molecular weight is 279 g/mol. The summed E-state index contributed by atoms with van der Waals surface area (Å²) in [6, 6.07) is 9.87. The number of nitrogens with zero attached hydrogens (tertiary/aromatic N) is 4. The summed E-state index contributed by atoms with van der Waals surface area (Å²) in [4.78, 5) is 3.96. The van der Waals surface area contributed by atoms with E-state index in [-0.39, 0.29) is 5.82 Å². The molecule has 0 bridgehead atoms. The zero-order chi connectivity index (χ0) is 15.2. The summed E-state index contributed by atoms with van der Waals surface area (Å²) in [5.41, 5.74) is 2.27. The highest BCUT2D eigenvalue weighted by Gasteiger charge is 2.09. The Morgan fingerprint density at radius 2 is 2.10 bits per heavy atom. The van der Waals surface area contributed by atoms with Gasteiger partial charge in [-0.2, -0.15) is 10.5 Å². The van der Waals surface area contributed by atoms with Gasteiger partial charge in [0.1, 0.15) is 12.1 Å². The van der Waals surface area contributed by atoms with Gasteiger partial charge in [-0.15, -0.1) is 0 Å². The molecule has 0 radical (unpaired) electrons. The van der Waals surface area contributed by atoms with E-state index in [1.807, 2.05) is 24.3 Å². The fourth-order valence-electron chi connectivity index (χ4n) is 2.08. The highest BCUT2D eigenvalue weighted by atomic mass is 15.1. The predicted octanol–water partition coefficient (Wildman–Crippen LogP) is 2.36. The van der Waals surface area contributed by atoms with Crippen LogP contribution in [0.1, 0.15) is 30.8 Å². The topological polar surface area (TPSA) is 77.4 Å². The van der Waals surface area contributed by atoms with E-state index in [2.05, 4.69) is 30.2 Å². The minimum atomic E-state index is 0.275. The van der Waals surface area contributed by atoms with Crippen molar-refractivity contribution in [3.05, 3.63) is 47.5 Å². The fraction of sp³-hybridized carbons (Fsp3) is 0.312. The maximum Gasteiger partial charge on any atom is 0.217 e. The molecule has 0 saturated carbocycles. The lowest BCUT2D eigenvalue weighted by Crippen LogP contribution is -2.19. The Morgan fingerprint density at radius 1 is 1.29 bits per heavy atom. The number of aromatic nitrogens is 2. The van der Waals surface area contributed by atoms with E-state index < -0.39 is 0 Å². The quantitative estimate of drug-likeness (QED) is 0.911. The van der Waals surface area contributed by atoms with Crippen LogP contribution in [0.25, 0.3) is 5.69 Å². The number of nitriles is 2. The third kappa shape index (κ3) is 3.47. The molecule has 1 N–H and O–H groups in total. The van der Waals surface area contributed by atoms with Gasteiger partial charge < -0.3 is 5.32 Å². The van der Waals surface area contributed by atoms with E-state index in [0.29, 0.717) is 17.2 Å². The van der Waals surface area contributed by atoms with Crippen molar-refractivity contribution in [3.8, 4) is 17.8 Å². The SMILES string of the molecule is CC(C)CNCc1ccc(-n2ccnc2C#N)c(C#N)c1. The van der Waals surface area contributed by atoms with Crippen molar-refractivity contribution in [2.75, 3.05) is 6.54 Å². The van der Waals surface area contributed by atoms with E-state index >= 15 is 0 Å². The van der Waals surface area contributed by atoms with Crippen LogP contribution in [-0.4, -0.2) is 16.1 Å². The summed E-state index contributed by atoms with van der Waals surface area (Å²) in [6.45, 7) is 5.96. The molecule has 0 amide bonds. The molecule has 0 aliphatic carbocycles. The number of imidazole rings is 1. The molecule has 0 atom stereocenters. The Hall–Kier alpha value is -2.63. The molecule has 1 heterocycles. The van der Waals surface area contributed by atoms with Crippen LogP contribution in [0, 0.1) is 28.6 Å². The Kier molecular flexibility index (Phi) is 4.71. The molecule has 5 heteroatoms. The first-order valence-electron chi connectivity index (χ1n) is 6.83. The molecule has 2 rings (SSSR count). The van der Waals surface area contributed by atoms with Crippen molar-refractivity contribution in [1.82, 2.24) is 14.9 Å². The minimum absolute atomic E-state index is 0.275. The Balaban J connectivity index is 2.26. The van der Waals surface area contributed by atoms with E-state index in [1.54, 1.807) is 17.0 Å². The molecule has 0 aliphatic rings. The molecule has 0 saturated heterocycles. The Bertz CT molecular complexity index is 700. The van der Waals surface area contributed by atoms with Gasteiger partial charge in [0.2, 0.25) is 5.82 Å². The summed E-state index contributed by atoms with van der Waals surface area (Å²) < 4.78 is 1.63. The lowest BCUT2D eigenvalue weighted by Gasteiger charge is -2.10. The van der Waals surface area contributed by atoms with Gasteiger partial charge >= 0.3 is 0 Å². The van der Waals surface area contributed by atoms with E-state index in [4.69, 9.17) is 5.26 Å². The number of hydrogen-bond acceptors (Lipinski definition) is 4. The first-order valence-corrected chi connectivity index (χ1v) is 6.83. The van der Waals surface area contributed by atoms with Crippen LogP contribution in [0.5, 0.6) is 0 Å². The van der Waals surface area contributed by atoms with Gasteiger partial charge in [-0.3, -0.25) is 4.57 Å². The van der Waals surface area contributed by atoms with Gasteiger partial charge in [0.25, 0.3) is 0 Å². The molecule has 1 aromatic carbocycles. The second-order valence-corrected chi connectivity index (χ2v) is 5.22.